The predicted octanol–water partition coefficient (Wildman–Crippen LogP) is 4.72. The van der Waals surface area contributed by atoms with Gasteiger partial charge in [-0.05, 0) is 24.8 Å². The van der Waals surface area contributed by atoms with Gasteiger partial charge in [0, 0.05) is 11.3 Å². The molecule has 1 fully saturated rings. The van der Waals surface area contributed by atoms with Gasteiger partial charge >= 0.3 is 0 Å². The molecule has 2 rings (SSSR count). The second-order valence-electron chi connectivity index (χ2n) is 6.65. The summed E-state index contributed by atoms with van der Waals surface area (Å²) in [6, 6.07) is 1.90. The molecule has 0 spiro atoms. The number of hydrogen-bond acceptors (Lipinski definition) is 2. The van der Waals surface area contributed by atoms with Gasteiger partial charge in [-0.1, -0.05) is 52.1 Å². The van der Waals surface area contributed by atoms with E-state index in [0.29, 0.717) is 11.1 Å². The Labute approximate surface area is 115 Å². The van der Waals surface area contributed by atoms with Crippen molar-refractivity contribution in [2.75, 3.05) is 0 Å². The van der Waals surface area contributed by atoms with Crippen LogP contribution in [-0.2, 0) is 5.41 Å². The van der Waals surface area contributed by atoms with Gasteiger partial charge in [-0.15, -0.1) is 0 Å². The second-order valence-corrected chi connectivity index (χ2v) is 7.04. The lowest BCUT2D eigenvalue weighted by molar-refractivity contribution is 0.334. The molecule has 2 unspecified atom stereocenters. The van der Waals surface area contributed by atoms with Gasteiger partial charge in [0.1, 0.15) is 11.0 Å². The lowest BCUT2D eigenvalue weighted by Crippen LogP contribution is -2.19. The van der Waals surface area contributed by atoms with Crippen LogP contribution in [0.15, 0.2) is 6.07 Å². The van der Waals surface area contributed by atoms with Crippen LogP contribution in [0.1, 0.15) is 70.8 Å². The van der Waals surface area contributed by atoms with E-state index in [-0.39, 0.29) is 5.41 Å². The molecule has 1 aromatic rings. The molecule has 2 nitrogen and oxygen atoms in total. The van der Waals surface area contributed by atoms with Crippen molar-refractivity contribution in [1.29, 1.82) is 0 Å². The van der Waals surface area contributed by atoms with Crippen LogP contribution < -0.4 is 0 Å². The first kappa shape index (κ1) is 13.8. The maximum atomic E-state index is 6.16. The van der Waals surface area contributed by atoms with E-state index in [9.17, 15) is 0 Å². The summed E-state index contributed by atoms with van der Waals surface area (Å²) in [5.41, 5.74) is 1.08. The van der Waals surface area contributed by atoms with Crippen molar-refractivity contribution in [3.05, 3.63) is 22.7 Å². The summed E-state index contributed by atoms with van der Waals surface area (Å²) in [6.07, 6.45) is 5.02. The Bertz CT molecular complexity index is 423. The van der Waals surface area contributed by atoms with Crippen LogP contribution in [0.4, 0.5) is 0 Å². The Balaban J connectivity index is 2.30. The maximum Gasteiger partial charge on any atom is 0.133 e. The normalized spacial score (nSPS) is 25.2. The molecule has 100 valence electrons. The Kier molecular flexibility index (Phi) is 3.96. The molecule has 0 radical (unpaired) electrons. The van der Waals surface area contributed by atoms with Gasteiger partial charge in [-0.3, -0.25) is 0 Å². The zero-order chi connectivity index (χ0) is 13.3. The zero-order valence-electron chi connectivity index (χ0n) is 11.8. The van der Waals surface area contributed by atoms with Crippen LogP contribution in [0, 0.1) is 5.92 Å². The van der Waals surface area contributed by atoms with Gasteiger partial charge in [0.2, 0.25) is 0 Å². The van der Waals surface area contributed by atoms with E-state index in [0.717, 1.165) is 17.4 Å². The Morgan fingerprint density at radius 2 is 1.94 bits per heavy atom. The highest BCUT2D eigenvalue weighted by atomic mass is 35.5. The van der Waals surface area contributed by atoms with Crippen LogP contribution in [-0.4, -0.2) is 9.97 Å². The third-order valence-electron chi connectivity index (χ3n) is 3.78. The van der Waals surface area contributed by atoms with E-state index in [4.69, 9.17) is 16.6 Å². The monoisotopic (exact) mass is 266 g/mol. The quantitative estimate of drug-likeness (QED) is 0.687. The fourth-order valence-corrected chi connectivity index (χ4v) is 2.86. The van der Waals surface area contributed by atoms with Crippen LogP contribution in [0.2, 0.25) is 5.15 Å². The van der Waals surface area contributed by atoms with Crippen molar-refractivity contribution in [3.63, 3.8) is 0 Å². The van der Waals surface area contributed by atoms with Crippen LogP contribution in [0.5, 0.6) is 0 Å². The summed E-state index contributed by atoms with van der Waals surface area (Å²) in [6.45, 7) is 8.82. The van der Waals surface area contributed by atoms with Gasteiger partial charge in [-0.2, -0.15) is 0 Å². The van der Waals surface area contributed by atoms with Crippen LogP contribution in [0.3, 0.4) is 0 Å². The molecule has 1 heterocycles. The first-order chi connectivity index (χ1) is 8.36. The summed E-state index contributed by atoms with van der Waals surface area (Å²) in [4.78, 5) is 9.23. The van der Waals surface area contributed by atoms with Gasteiger partial charge in [-0.25, -0.2) is 9.97 Å². The van der Waals surface area contributed by atoms with E-state index >= 15 is 0 Å². The van der Waals surface area contributed by atoms with Crippen molar-refractivity contribution in [2.45, 2.75) is 64.7 Å². The summed E-state index contributed by atoms with van der Waals surface area (Å²) >= 11 is 6.16. The minimum atomic E-state index is 0.0294. The standard InChI is InChI=1S/C15H23ClN2/c1-10-6-5-7-11(8-10)14-17-12(15(2,3)4)9-13(16)18-14/h9-11H,5-8H2,1-4H3. The third kappa shape index (κ3) is 3.23. The van der Waals surface area contributed by atoms with Gasteiger partial charge < -0.3 is 0 Å². The molecule has 0 N–H and O–H groups in total. The third-order valence-corrected chi connectivity index (χ3v) is 3.98. The number of rotatable bonds is 1. The first-order valence-electron chi connectivity index (χ1n) is 6.91. The fourth-order valence-electron chi connectivity index (χ4n) is 2.67. The second kappa shape index (κ2) is 5.16. The molecule has 1 aliphatic rings. The summed E-state index contributed by atoms with van der Waals surface area (Å²) in [5.74, 6) is 2.23. The SMILES string of the molecule is CC1CCCC(c2nc(Cl)cc(C(C)(C)C)n2)C1. The van der Waals surface area contributed by atoms with Crippen molar-refractivity contribution in [2.24, 2.45) is 5.92 Å². The highest BCUT2D eigenvalue weighted by Gasteiger charge is 2.25. The minimum absolute atomic E-state index is 0.0294. The molecule has 2 atom stereocenters. The molecule has 0 amide bonds. The molecular weight excluding hydrogens is 244 g/mol. The molecule has 0 aliphatic heterocycles. The van der Waals surface area contributed by atoms with E-state index in [1.165, 1.54) is 25.7 Å². The molecule has 1 aliphatic carbocycles. The first-order valence-corrected chi connectivity index (χ1v) is 7.29. The molecule has 0 aromatic carbocycles. The number of hydrogen-bond donors (Lipinski definition) is 0. The van der Waals surface area contributed by atoms with E-state index in [2.05, 4.69) is 32.7 Å². The molecule has 0 bridgehead atoms. The van der Waals surface area contributed by atoms with E-state index in [1.807, 2.05) is 6.07 Å². The summed E-state index contributed by atoms with van der Waals surface area (Å²) in [5, 5.41) is 0.586. The highest BCUT2D eigenvalue weighted by molar-refractivity contribution is 6.29. The zero-order valence-corrected chi connectivity index (χ0v) is 12.6. The van der Waals surface area contributed by atoms with Gasteiger partial charge in [0.25, 0.3) is 0 Å². The largest absolute Gasteiger partial charge is 0.237 e. The lowest BCUT2D eigenvalue weighted by Gasteiger charge is -2.27. The number of halogens is 1. The fraction of sp³-hybridized carbons (Fsp3) is 0.733. The molecular formula is C15H23ClN2. The van der Waals surface area contributed by atoms with Crippen molar-refractivity contribution < 1.29 is 0 Å². The topological polar surface area (TPSA) is 25.8 Å². The minimum Gasteiger partial charge on any atom is -0.237 e. The predicted molar refractivity (Wildman–Crippen MR) is 76.1 cm³/mol. The maximum absolute atomic E-state index is 6.16. The van der Waals surface area contributed by atoms with Gasteiger partial charge in [0.05, 0.1) is 5.69 Å². The van der Waals surface area contributed by atoms with Crippen molar-refractivity contribution in [1.82, 2.24) is 9.97 Å². The van der Waals surface area contributed by atoms with Gasteiger partial charge in [0.15, 0.2) is 0 Å². The average molecular weight is 267 g/mol. The van der Waals surface area contributed by atoms with Crippen LogP contribution >= 0.6 is 11.6 Å². The Morgan fingerprint density at radius 3 is 2.56 bits per heavy atom. The number of nitrogens with zero attached hydrogens (tertiary/aromatic N) is 2. The Hall–Kier alpha value is -0.630. The Morgan fingerprint density at radius 1 is 1.22 bits per heavy atom. The van der Waals surface area contributed by atoms with E-state index < -0.39 is 0 Å². The molecule has 3 heteroatoms. The highest BCUT2D eigenvalue weighted by Crippen LogP contribution is 2.35. The lowest BCUT2D eigenvalue weighted by atomic mass is 9.82. The van der Waals surface area contributed by atoms with E-state index in [1.54, 1.807) is 0 Å². The molecule has 1 saturated carbocycles. The molecule has 1 aromatic heterocycles. The summed E-state index contributed by atoms with van der Waals surface area (Å²) in [7, 11) is 0. The molecule has 0 saturated heterocycles. The molecule has 18 heavy (non-hydrogen) atoms. The van der Waals surface area contributed by atoms with Crippen LogP contribution in [0.25, 0.3) is 0 Å². The summed E-state index contributed by atoms with van der Waals surface area (Å²) < 4.78 is 0. The smallest absolute Gasteiger partial charge is 0.133 e. The van der Waals surface area contributed by atoms with Crippen molar-refractivity contribution >= 4 is 11.6 Å². The average Bonchev–Trinajstić information content (AvgIpc) is 2.27. The number of aromatic nitrogens is 2. The van der Waals surface area contributed by atoms with Crippen molar-refractivity contribution in [3.8, 4) is 0 Å².